The van der Waals surface area contributed by atoms with Crippen molar-refractivity contribution in [3.63, 3.8) is 0 Å². The molecule has 3 atom stereocenters. The number of carbonyl (C=O) groups is 2. The Kier molecular flexibility index (Phi) is 8.79. The Morgan fingerprint density at radius 2 is 1.97 bits per heavy atom. The number of nitrogens with one attached hydrogen (secondary N) is 1. The molecule has 1 aromatic rings. The van der Waals surface area contributed by atoms with Crippen LogP contribution in [0.1, 0.15) is 39.2 Å². The van der Waals surface area contributed by atoms with Crippen molar-refractivity contribution in [1.29, 1.82) is 0 Å². The second-order valence-electron chi connectivity index (χ2n) is 8.55. The van der Waals surface area contributed by atoms with Gasteiger partial charge in [-0.3, -0.25) is 4.79 Å². The molecule has 1 aliphatic rings. The second-order valence-corrected chi connectivity index (χ2v) is 9.37. The van der Waals surface area contributed by atoms with E-state index in [1.165, 1.54) is 11.8 Å². The fourth-order valence-electron chi connectivity index (χ4n) is 3.33. The van der Waals surface area contributed by atoms with Crippen molar-refractivity contribution >= 4 is 35.2 Å². The van der Waals surface area contributed by atoms with Crippen LogP contribution in [0.2, 0.25) is 10.0 Å². The van der Waals surface area contributed by atoms with Crippen LogP contribution in [0.3, 0.4) is 0 Å². The van der Waals surface area contributed by atoms with Crippen molar-refractivity contribution in [2.24, 2.45) is 5.41 Å². The number of hydrogen-bond acceptors (Lipinski definition) is 4. The third-order valence-corrected chi connectivity index (χ3v) is 5.84. The molecule has 0 bridgehead atoms. The zero-order valence-corrected chi connectivity index (χ0v) is 19.3. The first-order valence-electron chi connectivity index (χ1n) is 9.89. The molecule has 168 valence electrons. The molecule has 1 aliphatic heterocycles. The van der Waals surface area contributed by atoms with Crippen LogP contribution in [-0.2, 0) is 14.3 Å². The molecular formula is C21H30Cl2N2O5. The average Bonchev–Trinajstić information content (AvgIpc) is 2.83. The van der Waals surface area contributed by atoms with Crippen LogP contribution in [-0.4, -0.2) is 67.1 Å². The van der Waals surface area contributed by atoms with Crippen LogP contribution in [0, 0.1) is 5.41 Å². The van der Waals surface area contributed by atoms with Crippen molar-refractivity contribution < 1.29 is 24.2 Å². The van der Waals surface area contributed by atoms with Gasteiger partial charge in [0.05, 0.1) is 42.0 Å². The van der Waals surface area contributed by atoms with Gasteiger partial charge in [-0.1, -0.05) is 50.0 Å². The van der Waals surface area contributed by atoms with E-state index in [2.05, 4.69) is 5.32 Å². The summed E-state index contributed by atoms with van der Waals surface area (Å²) in [5.41, 5.74) is 0.565. The largest absolute Gasteiger partial charge is 0.465 e. The summed E-state index contributed by atoms with van der Waals surface area (Å²) < 4.78 is 12.2. The first kappa shape index (κ1) is 24.7. The van der Waals surface area contributed by atoms with Gasteiger partial charge in [0, 0.05) is 25.9 Å². The molecule has 0 saturated carbocycles. The number of hydrogen-bond donors (Lipinski definition) is 2. The van der Waals surface area contributed by atoms with Gasteiger partial charge in [-0.05, 0) is 23.1 Å². The van der Waals surface area contributed by atoms with Crippen molar-refractivity contribution in [1.82, 2.24) is 10.2 Å². The van der Waals surface area contributed by atoms with Crippen LogP contribution < -0.4 is 5.32 Å². The van der Waals surface area contributed by atoms with E-state index < -0.39 is 12.2 Å². The molecule has 1 unspecified atom stereocenters. The van der Waals surface area contributed by atoms with Crippen molar-refractivity contribution in [3.8, 4) is 0 Å². The molecule has 1 saturated heterocycles. The summed E-state index contributed by atoms with van der Waals surface area (Å²) in [6.45, 7) is 9.00. The maximum Gasteiger partial charge on any atom is 0.407 e. The minimum absolute atomic E-state index is 0.122. The van der Waals surface area contributed by atoms with Crippen molar-refractivity contribution in [2.75, 3.05) is 32.8 Å². The summed E-state index contributed by atoms with van der Waals surface area (Å²) in [7, 11) is 0. The fourth-order valence-corrected chi connectivity index (χ4v) is 3.64. The van der Waals surface area contributed by atoms with E-state index in [1.807, 2.05) is 26.8 Å². The molecule has 1 aromatic carbocycles. The SMILES string of the molecule is CC(=O)NCCOC[C@@H]1OC(C(C)(C)C)CN(C(=O)O)C[C@H]1c1ccc(Cl)c(Cl)c1. The molecule has 1 heterocycles. The van der Waals surface area contributed by atoms with Crippen LogP contribution in [0.4, 0.5) is 4.79 Å². The molecule has 0 aliphatic carbocycles. The van der Waals surface area contributed by atoms with Gasteiger partial charge < -0.3 is 24.8 Å². The van der Waals surface area contributed by atoms with Crippen LogP contribution in [0.25, 0.3) is 0 Å². The highest BCUT2D eigenvalue weighted by Crippen LogP contribution is 2.35. The van der Waals surface area contributed by atoms with Gasteiger partial charge >= 0.3 is 6.09 Å². The number of rotatable bonds is 6. The molecule has 2 rings (SSSR count). The van der Waals surface area contributed by atoms with E-state index in [1.54, 1.807) is 12.1 Å². The zero-order valence-electron chi connectivity index (χ0n) is 17.8. The number of amides is 2. The molecule has 2 amide bonds. The monoisotopic (exact) mass is 460 g/mol. The summed E-state index contributed by atoms with van der Waals surface area (Å²) in [6, 6.07) is 5.29. The van der Waals surface area contributed by atoms with E-state index >= 15 is 0 Å². The normalized spacial score (nSPS) is 22.5. The Bertz CT molecular complexity index is 753. The molecule has 30 heavy (non-hydrogen) atoms. The summed E-state index contributed by atoms with van der Waals surface area (Å²) in [5, 5.41) is 13.3. The third kappa shape index (κ3) is 7.01. The minimum atomic E-state index is -0.995. The predicted molar refractivity (Wildman–Crippen MR) is 116 cm³/mol. The van der Waals surface area contributed by atoms with Gasteiger partial charge in [-0.25, -0.2) is 4.79 Å². The third-order valence-electron chi connectivity index (χ3n) is 5.10. The first-order chi connectivity index (χ1) is 14.0. The van der Waals surface area contributed by atoms with Gasteiger partial charge in [0.1, 0.15) is 0 Å². The molecule has 9 heteroatoms. The van der Waals surface area contributed by atoms with Gasteiger partial charge in [-0.2, -0.15) is 0 Å². The summed E-state index contributed by atoms with van der Waals surface area (Å²) in [6.07, 6.45) is -1.71. The summed E-state index contributed by atoms with van der Waals surface area (Å²) in [5.74, 6) is -0.410. The minimum Gasteiger partial charge on any atom is -0.465 e. The fraction of sp³-hybridized carbons (Fsp3) is 0.619. The molecule has 0 spiro atoms. The molecule has 7 nitrogen and oxygen atoms in total. The number of carboxylic acid groups (broad SMARTS) is 1. The highest BCUT2D eigenvalue weighted by atomic mass is 35.5. The van der Waals surface area contributed by atoms with Gasteiger partial charge in [-0.15, -0.1) is 0 Å². The van der Waals surface area contributed by atoms with E-state index in [-0.39, 0.29) is 43.0 Å². The lowest BCUT2D eigenvalue weighted by atomic mass is 9.88. The lowest BCUT2D eigenvalue weighted by Crippen LogP contribution is -2.42. The smallest absolute Gasteiger partial charge is 0.407 e. The summed E-state index contributed by atoms with van der Waals surface area (Å²) in [4.78, 5) is 24.3. The number of ether oxygens (including phenoxy) is 2. The quantitative estimate of drug-likeness (QED) is 0.625. The van der Waals surface area contributed by atoms with E-state index in [0.29, 0.717) is 23.2 Å². The summed E-state index contributed by atoms with van der Waals surface area (Å²) >= 11 is 12.3. The first-order valence-corrected chi connectivity index (χ1v) is 10.6. The van der Waals surface area contributed by atoms with Crippen LogP contribution in [0.15, 0.2) is 18.2 Å². The van der Waals surface area contributed by atoms with E-state index in [0.717, 1.165) is 5.56 Å². The number of carbonyl (C=O) groups excluding carboxylic acids is 1. The lowest BCUT2D eigenvalue weighted by Gasteiger charge is -2.34. The topological polar surface area (TPSA) is 88.1 Å². The van der Waals surface area contributed by atoms with E-state index in [4.69, 9.17) is 32.7 Å². The maximum atomic E-state index is 11.9. The Morgan fingerprint density at radius 1 is 1.27 bits per heavy atom. The predicted octanol–water partition coefficient (Wildman–Crippen LogP) is 4.02. The Morgan fingerprint density at radius 3 is 2.53 bits per heavy atom. The Balaban J connectivity index is 2.29. The Hall–Kier alpha value is -1.54. The van der Waals surface area contributed by atoms with Crippen LogP contribution in [0.5, 0.6) is 0 Å². The van der Waals surface area contributed by atoms with Crippen LogP contribution >= 0.6 is 23.2 Å². The molecule has 1 fully saturated rings. The number of nitrogens with zero attached hydrogens (tertiary/aromatic N) is 1. The lowest BCUT2D eigenvalue weighted by molar-refractivity contribution is -0.119. The maximum absolute atomic E-state index is 11.9. The highest BCUT2D eigenvalue weighted by Gasteiger charge is 2.39. The second kappa shape index (κ2) is 10.7. The Labute approximate surface area is 187 Å². The van der Waals surface area contributed by atoms with Gasteiger partial charge in [0.25, 0.3) is 0 Å². The van der Waals surface area contributed by atoms with Gasteiger partial charge in [0.2, 0.25) is 5.91 Å². The number of benzene rings is 1. The van der Waals surface area contributed by atoms with Crippen molar-refractivity contribution in [2.45, 2.75) is 45.8 Å². The van der Waals surface area contributed by atoms with Gasteiger partial charge in [0.15, 0.2) is 0 Å². The molecule has 2 N–H and O–H groups in total. The highest BCUT2D eigenvalue weighted by molar-refractivity contribution is 6.42. The van der Waals surface area contributed by atoms with Crippen molar-refractivity contribution in [3.05, 3.63) is 33.8 Å². The number of halogens is 2. The molecule has 0 radical (unpaired) electrons. The molecule has 0 aromatic heterocycles. The zero-order chi connectivity index (χ0) is 22.5. The molecular weight excluding hydrogens is 431 g/mol. The standard InChI is InChI=1S/C21H30Cl2N2O5/c1-13(26)24-7-8-29-12-18-15(14-5-6-16(22)17(23)9-14)10-25(20(27)28)11-19(30-18)21(2,3)4/h5-6,9,15,18-19H,7-8,10-12H2,1-4H3,(H,24,26)(H,27,28)/t15-,18-,19?/m0/s1. The average molecular weight is 461 g/mol. The van der Waals surface area contributed by atoms with E-state index in [9.17, 15) is 14.7 Å².